The number of carbonyl (C=O) groups excluding carboxylic acids is 2. The zero-order valence-electron chi connectivity index (χ0n) is 31.4. The monoisotopic (exact) mass is 780 g/mol. The second-order valence-corrected chi connectivity index (χ2v) is 17.5. The van der Waals surface area contributed by atoms with Crippen molar-refractivity contribution in [3.05, 3.63) is 112 Å². The van der Waals surface area contributed by atoms with Crippen LogP contribution in [0, 0.1) is 23.1 Å². The fourth-order valence-electron chi connectivity index (χ4n) is 5.83. The number of carbonyl (C=O) groups is 2. The first-order valence-electron chi connectivity index (χ1n) is 17.7. The molecule has 1 unspecified atom stereocenters. The van der Waals surface area contributed by atoms with Crippen molar-refractivity contribution < 1.29 is 36.4 Å². The lowest BCUT2D eigenvalue weighted by Crippen LogP contribution is -2.52. The maximum Gasteiger partial charge on any atom is 0.435 e. The Labute approximate surface area is 321 Å². The summed E-state index contributed by atoms with van der Waals surface area (Å²) >= 11 is -1.65. The van der Waals surface area contributed by atoms with Crippen molar-refractivity contribution in [3.8, 4) is 11.8 Å². The normalized spacial score (nSPS) is 15.1. The first kappa shape index (κ1) is 41.3. The Morgan fingerprint density at radius 2 is 1.65 bits per heavy atom. The third kappa shape index (κ3) is 10.4. The zero-order chi connectivity index (χ0) is 40.3. The number of alkyl carbamates (subject to hydrolysis) is 1. The van der Waals surface area contributed by atoms with Gasteiger partial charge < -0.3 is 19.9 Å². The van der Waals surface area contributed by atoms with E-state index in [2.05, 4.69) is 26.5 Å². The molecule has 10 nitrogen and oxygen atoms in total. The molecule has 55 heavy (non-hydrogen) atoms. The van der Waals surface area contributed by atoms with E-state index in [0.717, 1.165) is 30.0 Å². The number of halogens is 4. The Morgan fingerprint density at radius 3 is 2.25 bits per heavy atom. The smallest absolute Gasteiger partial charge is 0.435 e. The number of alkyl halides is 3. The molecule has 3 aromatic carbocycles. The summed E-state index contributed by atoms with van der Waals surface area (Å²) in [6.45, 7) is 10.5. The molecule has 1 heterocycles. The van der Waals surface area contributed by atoms with Crippen molar-refractivity contribution in [2.75, 3.05) is 5.32 Å². The van der Waals surface area contributed by atoms with Crippen LogP contribution >= 0.6 is 0 Å². The van der Waals surface area contributed by atoms with Crippen LogP contribution in [0.5, 0.6) is 0 Å². The van der Waals surface area contributed by atoms with E-state index in [9.17, 15) is 32.6 Å². The van der Waals surface area contributed by atoms with Gasteiger partial charge in [0, 0.05) is 24.0 Å². The number of hydrogen-bond acceptors (Lipinski definition) is 7. The van der Waals surface area contributed by atoms with E-state index in [1.165, 1.54) is 30.3 Å². The number of hydrogen-bond donors (Lipinski definition) is 3. The minimum absolute atomic E-state index is 0.0363. The van der Waals surface area contributed by atoms with Gasteiger partial charge >= 0.3 is 12.3 Å². The number of rotatable bonds is 12. The van der Waals surface area contributed by atoms with Gasteiger partial charge in [0.1, 0.15) is 27.4 Å². The molecule has 1 aliphatic carbocycles. The number of amides is 2. The Hall–Kier alpha value is -4.91. The van der Waals surface area contributed by atoms with Gasteiger partial charge in [-0.25, -0.2) is 13.9 Å². The highest BCUT2D eigenvalue weighted by molar-refractivity contribution is 7.90. The van der Waals surface area contributed by atoms with Gasteiger partial charge in [-0.2, -0.15) is 23.5 Å². The van der Waals surface area contributed by atoms with Gasteiger partial charge in [-0.05, 0) is 113 Å². The van der Waals surface area contributed by atoms with Gasteiger partial charge in [0.2, 0.25) is 0 Å². The molecule has 5 rings (SSSR count). The molecular weight excluding hydrogens is 737 g/mol. The summed E-state index contributed by atoms with van der Waals surface area (Å²) in [7, 11) is 0. The van der Waals surface area contributed by atoms with Gasteiger partial charge in [-0.1, -0.05) is 43.2 Å². The average Bonchev–Trinajstić information content (AvgIpc) is 3.82. The number of nitrogens with one attached hydrogen (secondary N) is 3. The highest BCUT2D eigenvalue weighted by Crippen LogP contribution is 2.43. The predicted octanol–water partition coefficient (Wildman–Crippen LogP) is 8.66. The van der Waals surface area contributed by atoms with Gasteiger partial charge in [-0.15, -0.1) is 4.72 Å². The summed E-state index contributed by atoms with van der Waals surface area (Å²) in [5.74, 6) is -1.50. The van der Waals surface area contributed by atoms with Crippen molar-refractivity contribution in [1.29, 1.82) is 5.26 Å². The second kappa shape index (κ2) is 16.1. The van der Waals surface area contributed by atoms with Crippen LogP contribution in [-0.2, 0) is 34.4 Å². The van der Waals surface area contributed by atoms with E-state index in [1.807, 2.05) is 20.8 Å². The van der Waals surface area contributed by atoms with Crippen LogP contribution in [0.1, 0.15) is 106 Å². The third-order valence-electron chi connectivity index (χ3n) is 8.89. The topological polar surface area (TPSA) is 144 Å². The molecule has 1 aliphatic rings. The lowest BCUT2D eigenvalue weighted by Gasteiger charge is -2.39. The molecule has 0 spiro atoms. The van der Waals surface area contributed by atoms with Crippen LogP contribution in [0.2, 0.25) is 0 Å². The minimum Gasteiger partial charge on any atom is -0.598 e. The molecule has 0 bridgehead atoms. The Morgan fingerprint density at radius 1 is 0.982 bits per heavy atom. The van der Waals surface area contributed by atoms with Crippen LogP contribution in [0.15, 0.2) is 72.8 Å². The molecule has 1 fully saturated rings. The molecule has 15 heteroatoms. The molecule has 1 saturated carbocycles. The van der Waals surface area contributed by atoms with E-state index in [-0.39, 0.29) is 17.9 Å². The summed E-state index contributed by atoms with van der Waals surface area (Å²) in [6, 6.07) is 19.5. The number of nitriles is 1. The number of benzene rings is 3. The van der Waals surface area contributed by atoms with Crippen molar-refractivity contribution >= 4 is 29.0 Å². The Balaban J connectivity index is 1.54. The number of ether oxygens (including phenoxy) is 1. The molecule has 0 radical (unpaired) electrons. The quantitative estimate of drug-likeness (QED) is 0.0964. The van der Waals surface area contributed by atoms with Crippen LogP contribution < -0.4 is 15.4 Å². The van der Waals surface area contributed by atoms with Crippen molar-refractivity contribution in [3.63, 3.8) is 0 Å². The molecule has 0 aliphatic heterocycles. The fourth-order valence-corrected chi connectivity index (χ4v) is 6.79. The SMILES string of the molecule is CC(C)(C)OC(=O)NCc1cccc(-n2nc(C(F)(F)F)cc2C(=O)Nc2cc([C@](CCC3CC3)(N[S+]([O-])C(C)(C)C)c3ccc(C#N)cc3)ccc2F)c1. The van der Waals surface area contributed by atoms with E-state index >= 15 is 4.39 Å². The summed E-state index contributed by atoms with van der Waals surface area (Å²) in [5.41, 5.74) is -2.08. The molecule has 2 amide bonds. The fraction of sp³-hybridized carbons (Fsp3) is 0.400. The standard InChI is InChI=1S/C40H44F4N6O4S/c1-37(2,3)54-36(52)46-24-27-8-7-9-30(20-27)50-33(22-34(48-50)40(42,43)44)35(51)47-32-21-29(16-17-31(32)41)39(19-18-25-10-11-25,49-55(53)38(4,5)6)28-14-12-26(23-45)13-15-28/h7-9,12-17,20-22,25,49H,10-11,18-19,24H2,1-6H3,(H,46,52)(H,47,51)/t39-,55?/m1/s1. The molecule has 0 saturated heterocycles. The lowest BCUT2D eigenvalue weighted by atomic mass is 9.79. The average molecular weight is 781 g/mol. The third-order valence-corrected chi connectivity index (χ3v) is 10.5. The van der Waals surface area contributed by atoms with Gasteiger partial charge in [-0.3, -0.25) is 4.79 Å². The molecule has 1 aromatic heterocycles. The van der Waals surface area contributed by atoms with Gasteiger partial charge in [0.15, 0.2) is 5.69 Å². The highest BCUT2D eigenvalue weighted by Gasteiger charge is 2.44. The lowest BCUT2D eigenvalue weighted by molar-refractivity contribution is -0.141. The largest absolute Gasteiger partial charge is 0.598 e. The van der Waals surface area contributed by atoms with Gasteiger partial charge in [0.25, 0.3) is 5.91 Å². The molecular formula is C40H44F4N6O4S. The van der Waals surface area contributed by atoms with E-state index < -0.39 is 62.6 Å². The van der Waals surface area contributed by atoms with E-state index in [0.29, 0.717) is 40.7 Å². The molecule has 2 atom stereocenters. The first-order chi connectivity index (χ1) is 25.7. The summed E-state index contributed by atoms with van der Waals surface area (Å²) in [6.07, 6.45) is -2.38. The van der Waals surface area contributed by atoms with Crippen molar-refractivity contribution in [1.82, 2.24) is 19.8 Å². The van der Waals surface area contributed by atoms with Crippen LogP contribution in [0.25, 0.3) is 5.69 Å². The van der Waals surface area contributed by atoms with Crippen LogP contribution in [0.3, 0.4) is 0 Å². The highest BCUT2D eigenvalue weighted by atomic mass is 32.2. The molecule has 4 aromatic rings. The van der Waals surface area contributed by atoms with Crippen LogP contribution in [0.4, 0.5) is 28.0 Å². The molecule has 292 valence electrons. The predicted molar refractivity (Wildman–Crippen MR) is 201 cm³/mol. The van der Waals surface area contributed by atoms with Crippen LogP contribution in [-0.4, -0.2) is 36.7 Å². The Kier molecular flexibility index (Phi) is 12.0. The maximum atomic E-state index is 15.7. The summed E-state index contributed by atoms with van der Waals surface area (Å²) in [5, 5.41) is 18.2. The number of nitrogens with zero attached hydrogens (tertiary/aromatic N) is 3. The summed E-state index contributed by atoms with van der Waals surface area (Å²) < 4.78 is 80.2. The van der Waals surface area contributed by atoms with E-state index in [1.54, 1.807) is 51.1 Å². The first-order valence-corrected chi connectivity index (χ1v) is 18.9. The Bertz CT molecular complexity index is 2060. The number of anilines is 1. The van der Waals surface area contributed by atoms with Crippen molar-refractivity contribution in [2.24, 2.45) is 5.92 Å². The zero-order valence-corrected chi connectivity index (χ0v) is 32.3. The second-order valence-electron chi connectivity index (χ2n) is 15.6. The van der Waals surface area contributed by atoms with Gasteiger partial charge in [0.05, 0.1) is 23.0 Å². The van der Waals surface area contributed by atoms with Crippen molar-refractivity contribution in [2.45, 2.75) is 95.8 Å². The summed E-state index contributed by atoms with van der Waals surface area (Å²) in [4.78, 5) is 26.1. The number of aromatic nitrogens is 2. The maximum absolute atomic E-state index is 15.7. The minimum atomic E-state index is -4.92. The van der Waals surface area contributed by atoms with E-state index in [4.69, 9.17) is 4.74 Å². The molecule has 3 N–H and O–H groups in total.